The van der Waals surface area contributed by atoms with Crippen LogP contribution >= 0.6 is 11.8 Å². The molecule has 16 heavy (non-hydrogen) atoms. The van der Waals surface area contributed by atoms with Crippen LogP contribution in [0.2, 0.25) is 0 Å². The Balaban J connectivity index is 1.94. The number of nitrogens with zero attached hydrogens (tertiary/aromatic N) is 1. The molecule has 1 aliphatic carbocycles. The van der Waals surface area contributed by atoms with Crippen LogP contribution in [0.15, 0.2) is 4.99 Å². The van der Waals surface area contributed by atoms with E-state index in [1.807, 2.05) is 11.8 Å². The zero-order valence-electron chi connectivity index (χ0n) is 10.2. The molecular formula is C12H22N2OS. The summed E-state index contributed by atoms with van der Waals surface area (Å²) in [5, 5.41) is 4.68. The Morgan fingerprint density at radius 2 is 2.31 bits per heavy atom. The van der Waals surface area contributed by atoms with Crippen LogP contribution in [0.4, 0.5) is 0 Å². The van der Waals surface area contributed by atoms with E-state index in [-0.39, 0.29) is 0 Å². The van der Waals surface area contributed by atoms with Gasteiger partial charge in [0.15, 0.2) is 5.17 Å². The standard InChI is InChI=1S/C12H22N2OS/c1-3-9-7-8-16-12(13-9)14-10-5-4-6-11(10)15-2/h9-11H,3-8H2,1-2H3,(H,13,14). The quantitative estimate of drug-likeness (QED) is 0.825. The third kappa shape index (κ3) is 2.92. The van der Waals surface area contributed by atoms with Gasteiger partial charge in [-0.15, -0.1) is 0 Å². The van der Waals surface area contributed by atoms with E-state index in [1.165, 1.54) is 37.9 Å². The molecule has 0 spiro atoms. The fourth-order valence-electron chi connectivity index (χ4n) is 2.45. The summed E-state index contributed by atoms with van der Waals surface area (Å²) < 4.78 is 5.47. The molecule has 3 atom stereocenters. The minimum Gasteiger partial charge on any atom is -0.379 e. The van der Waals surface area contributed by atoms with Crippen LogP contribution in [0.1, 0.15) is 39.0 Å². The Hall–Kier alpha value is -0.220. The molecule has 2 rings (SSSR count). The van der Waals surface area contributed by atoms with Gasteiger partial charge in [0.05, 0.1) is 12.1 Å². The van der Waals surface area contributed by atoms with Gasteiger partial charge in [-0.25, -0.2) is 0 Å². The number of rotatable bonds is 3. The molecule has 4 heteroatoms. The molecule has 1 saturated carbocycles. The molecule has 1 saturated heterocycles. The topological polar surface area (TPSA) is 33.6 Å². The fourth-order valence-corrected chi connectivity index (χ4v) is 3.50. The fraction of sp³-hybridized carbons (Fsp3) is 0.917. The summed E-state index contributed by atoms with van der Waals surface area (Å²) in [7, 11) is 1.81. The van der Waals surface area contributed by atoms with Crippen LogP contribution in [-0.4, -0.2) is 36.2 Å². The maximum Gasteiger partial charge on any atom is 0.157 e. The van der Waals surface area contributed by atoms with Gasteiger partial charge in [-0.2, -0.15) is 0 Å². The number of amidine groups is 1. The van der Waals surface area contributed by atoms with Crippen LogP contribution < -0.4 is 5.32 Å². The average molecular weight is 242 g/mol. The van der Waals surface area contributed by atoms with Crippen molar-refractivity contribution in [1.29, 1.82) is 0 Å². The van der Waals surface area contributed by atoms with Gasteiger partial charge in [0, 0.05) is 18.9 Å². The van der Waals surface area contributed by atoms with Crippen LogP contribution in [0.3, 0.4) is 0 Å². The van der Waals surface area contributed by atoms with Gasteiger partial charge in [0.25, 0.3) is 0 Å². The number of ether oxygens (including phenoxy) is 1. The second kappa shape index (κ2) is 5.92. The molecule has 3 nitrogen and oxygen atoms in total. The Morgan fingerprint density at radius 3 is 3.06 bits per heavy atom. The third-order valence-corrected chi connectivity index (χ3v) is 4.47. The summed E-state index contributed by atoms with van der Waals surface area (Å²) in [6, 6.07) is 1.01. The van der Waals surface area contributed by atoms with Crippen molar-refractivity contribution in [3.05, 3.63) is 0 Å². The largest absolute Gasteiger partial charge is 0.379 e. The lowest BCUT2D eigenvalue weighted by molar-refractivity contribution is 0.0966. The van der Waals surface area contributed by atoms with Gasteiger partial charge in [-0.05, 0) is 32.1 Å². The third-order valence-electron chi connectivity index (χ3n) is 3.53. The second-order valence-corrected chi connectivity index (χ2v) is 5.68. The van der Waals surface area contributed by atoms with E-state index in [9.17, 15) is 0 Å². The highest BCUT2D eigenvalue weighted by molar-refractivity contribution is 8.13. The minimum absolute atomic E-state index is 0.344. The monoisotopic (exact) mass is 242 g/mol. The molecule has 1 N–H and O–H groups in total. The molecule has 92 valence electrons. The van der Waals surface area contributed by atoms with Crippen molar-refractivity contribution in [3.63, 3.8) is 0 Å². The molecule has 2 fully saturated rings. The lowest BCUT2D eigenvalue weighted by Gasteiger charge is -2.25. The summed E-state index contributed by atoms with van der Waals surface area (Å²) in [5.41, 5.74) is 0. The molecule has 0 amide bonds. The zero-order valence-corrected chi connectivity index (χ0v) is 11.1. The predicted molar refractivity (Wildman–Crippen MR) is 70.2 cm³/mol. The molecular weight excluding hydrogens is 220 g/mol. The lowest BCUT2D eigenvalue weighted by Crippen LogP contribution is -2.38. The number of hydrogen-bond donors (Lipinski definition) is 1. The maximum absolute atomic E-state index is 5.47. The van der Waals surface area contributed by atoms with Gasteiger partial charge in [-0.3, -0.25) is 4.99 Å². The molecule has 1 heterocycles. The zero-order chi connectivity index (χ0) is 11.4. The maximum atomic E-state index is 5.47. The van der Waals surface area contributed by atoms with Crippen molar-refractivity contribution in [2.24, 2.45) is 4.99 Å². The SMILES string of the molecule is CCC1CCSC(=NC2CCCC2OC)N1. The average Bonchev–Trinajstić information content (AvgIpc) is 2.76. The second-order valence-electron chi connectivity index (χ2n) is 4.59. The summed E-state index contributed by atoms with van der Waals surface area (Å²) >= 11 is 1.87. The number of aliphatic imine (C=N–C) groups is 1. The van der Waals surface area contributed by atoms with Crippen LogP contribution in [0.5, 0.6) is 0 Å². The van der Waals surface area contributed by atoms with Crippen molar-refractivity contribution in [2.45, 2.75) is 57.2 Å². The van der Waals surface area contributed by atoms with Crippen molar-refractivity contribution in [2.75, 3.05) is 12.9 Å². The van der Waals surface area contributed by atoms with Crippen LogP contribution in [0.25, 0.3) is 0 Å². The van der Waals surface area contributed by atoms with E-state index < -0.39 is 0 Å². The van der Waals surface area contributed by atoms with Crippen molar-refractivity contribution in [1.82, 2.24) is 5.32 Å². The van der Waals surface area contributed by atoms with E-state index in [0.29, 0.717) is 18.2 Å². The first-order valence-corrected chi connectivity index (χ1v) is 7.32. The van der Waals surface area contributed by atoms with Crippen LogP contribution in [0, 0.1) is 0 Å². The van der Waals surface area contributed by atoms with Crippen molar-refractivity contribution >= 4 is 16.9 Å². The summed E-state index contributed by atoms with van der Waals surface area (Å²) in [5.74, 6) is 1.20. The Labute approximate surface area is 102 Å². The molecule has 0 bridgehead atoms. The van der Waals surface area contributed by atoms with E-state index in [0.717, 1.165) is 5.17 Å². The molecule has 0 aromatic rings. The van der Waals surface area contributed by atoms with Crippen molar-refractivity contribution < 1.29 is 4.74 Å². The van der Waals surface area contributed by atoms with Gasteiger partial charge in [-0.1, -0.05) is 18.7 Å². The van der Waals surface area contributed by atoms with E-state index in [4.69, 9.17) is 9.73 Å². The Morgan fingerprint density at radius 1 is 1.44 bits per heavy atom. The van der Waals surface area contributed by atoms with E-state index >= 15 is 0 Å². The normalized spacial score (nSPS) is 37.6. The summed E-state index contributed by atoms with van der Waals surface area (Å²) in [6.07, 6.45) is 6.40. The number of methoxy groups -OCH3 is 1. The van der Waals surface area contributed by atoms with Gasteiger partial charge in [0.1, 0.15) is 0 Å². The number of thioether (sulfide) groups is 1. The highest BCUT2D eigenvalue weighted by Gasteiger charge is 2.28. The Bertz CT molecular complexity index is 257. The molecule has 0 radical (unpaired) electrons. The molecule has 0 aromatic carbocycles. The smallest absolute Gasteiger partial charge is 0.157 e. The van der Waals surface area contributed by atoms with Crippen molar-refractivity contribution in [3.8, 4) is 0 Å². The van der Waals surface area contributed by atoms with Gasteiger partial charge in [0.2, 0.25) is 0 Å². The molecule has 3 unspecified atom stereocenters. The minimum atomic E-state index is 0.344. The highest BCUT2D eigenvalue weighted by atomic mass is 32.2. The first-order valence-electron chi connectivity index (χ1n) is 6.33. The first-order chi connectivity index (χ1) is 7.83. The highest BCUT2D eigenvalue weighted by Crippen LogP contribution is 2.26. The summed E-state index contributed by atoms with van der Waals surface area (Å²) in [6.45, 7) is 2.23. The Kier molecular flexibility index (Phi) is 4.53. The van der Waals surface area contributed by atoms with Crippen LogP contribution in [-0.2, 0) is 4.74 Å². The van der Waals surface area contributed by atoms with Gasteiger partial charge >= 0.3 is 0 Å². The lowest BCUT2D eigenvalue weighted by atomic mass is 10.2. The molecule has 2 aliphatic rings. The first kappa shape index (κ1) is 12.2. The van der Waals surface area contributed by atoms with E-state index in [2.05, 4.69) is 12.2 Å². The molecule has 0 aromatic heterocycles. The number of nitrogens with one attached hydrogen (secondary N) is 1. The predicted octanol–water partition coefficient (Wildman–Crippen LogP) is 2.42. The molecule has 1 aliphatic heterocycles. The van der Waals surface area contributed by atoms with E-state index in [1.54, 1.807) is 7.11 Å². The summed E-state index contributed by atoms with van der Waals surface area (Å²) in [4.78, 5) is 4.83. The van der Waals surface area contributed by atoms with Gasteiger partial charge < -0.3 is 10.1 Å². The number of hydrogen-bond acceptors (Lipinski definition) is 3.